The Balaban J connectivity index is 2.39. The van der Waals surface area contributed by atoms with Crippen LogP contribution in [-0.2, 0) is 0 Å². The van der Waals surface area contributed by atoms with Crippen LogP contribution in [0.4, 0.5) is 0 Å². The molecule has 1 aromatic rings. The summed E-state index contributed by atoms with van der Waals surface area (Å²) < 4.78 is 6.73. The van der Waals surface area contributed by atoms with Crippen molar-refractivity contribution in [1.82, 2.24) is 10.3 Å². The number of halogens is 1. The number of ether oxygens (including phenoxy) is 1. The molecule has 0 aliphatic rings. The molecule has 17 heavy (non-hydrogen) atoms. The predicted octanol–water partition coefficient (Wildman–Crippen LogP) is 3.25. The lowest BCUT2D eigenvalue weighted by Crippen LogP contribution is -2.18. The maximum Gasteiger partial charge on any atom is 0.138 e. The second-order valence-corrected chi connectivity index (χ2v) is 5.11. The van der Waals surface area contributed by atoms with Gasteiger partial charge in [-0.2, -0.15) is 0 Å². The minimum absolute atomic E-state index is 0.617. The SMILES string of the molecule is CCCC(CCNC)COc1cncc(Br)c1. The summed E-state index contributed by atoms with van der Waals surface area (Å²) in [5.74, 6) is 1.45. The van der Waals surface area contributed by atoms with Crippen LogP contribution in [0.1, 0.15) is 26.2 Å². The van der Waals surface area contributed by atoms with E-state index in [0.717, 1.165) is 29.8 Å². The fraction of sp³-hybridized carbons (Fsp3) is 0.615. The Morgan fingerprint density at radius 2 is 2.24 bits per heavy atom. The topological polar surface area (TPSA) is 34.1 Å². The van der Waals surface area contributed by atoms with Gasteiger partial charge >= 0.3 is 0 Å². The standard InChI is InChI=1S/C13H21BrN2O/c1-3-4-11(5-6-15-2)10-17-13-7-12(14)8-16-9-13/h7-9,11,15H,3-6,10H2,1-2H3. The Kier molecular flexibility index (Phi) is 7.21. The smallest absolute Gasteiger partial charge is 0.138 e. The van der Waals surface area contributed by atoms with Gasteiger partial charge in [-0.15, -0.1) is 0 Å². The zero-order valence-electron chi connectivity index (χ0n) is 10.6. The van der Waals surface area contributed by atoms with Crippen LogP contribution in [0.2, 0.25) is 0 Å². The van der Waals surface area contributed by atoms with Crippen molar-refractivity contribution in [3.05, 3.63) is 22.9 Å². The predicted molar refractivity (Wildman–Crippen MR) is 74.4 cm³/mol. The molecule has 0 aliphatic heterocycles. The number of hydrogen-bond donors (Lipinski definition) is 1. The Morgan fingerprint density at radius 3 is 2.88 bits per heavy atom. The van der Waals surface area contributed by atoms with Gasteiger partial charge in [-0.1, -0.05) is 13.3 Å². The number of rotatable bonds is 8. The van der Waals surface area contributed by atoms with Crippen molar-refractivity contribution in [3.8, 4) is 5.75 Å². The second kappa shape index (κ2) is 8.48. The molecule has 1 atom stereocenters. The molecule has 0 saturated heterocycles. The number of aromatic nitrogens is 1. The Hall–Kier alpha value is -0.610. The summed E-state index contributed by atoms with van der Waals surface area (Å²) >= 11 is 3.39. The van der Waals surface area contributed by atoms with Gasteiger partial charge in [0.1, 0.15) is 5.75 Å². The lowest BCUT2D eigenvalue weighted by Gasteiger charge is -2.16. The first-order valence-corrected chi connectivity index (χ1v) is 6.93. The first kappa shape index (κ1) is 14.5. The second-order valence-electron chi connectivity index (χ2n) is 4.20. The van der Waals surface area contributed by atoms with Gasteiger partial charge in [-0.3, -0.25) is 4.98 Å². The summed E-state index contributed by atoms with van der Waals surface area (Å²) in [4.78, 5) is 4.09. The third-order valence-corrected chi connectivity index (χ3v) is 3.10. The first-order valence-electron chi connectivity index (χ1n) is 6.14. The van der Waals surface area contributed by atoms with E-state index in [4.69, 9.17) is 4.74 Å². The van der Waals surface area contributed by atoms with Crippen LogP contribution >= 0.6 is 15.9 Å². The quantitative estimate of drug-likeness (QED) is 0.800. The highest BCUT2D eigenvalue weighted by Crippen LogP contribution is 2.18. The molecule has 0 amide bonds. The van der Waals surface area contributed by atoms with E-state index in [1.54, 1.807) is 12.4 Å². The number of nitrogens with one attached hydrogen (secondary N) is 1. The molecule has 0 radical (unpaired) electrons. The highest BCUT2D eigenvalue weighted by Gasteiger charge is 2.08. The zero-order chi connectivity index (χ0) is 12.5. The van der Waals surface area contributed by atoms with Crippen molar-refractivity contribution in [2.75, 3.05) is 20.2 Å². The van der Waals surface area contributed by atoms with Gasteiger partial charge < -0.3 is 10.1 Å². The van der Waals surface area contributed by atoms with Gasteiger partial charge in [0.25, 0.3) is 0 Å². The molecule has 1 N–H and O–H groups in total. The van der Waals surface area contributed by atoms with E-state index >= 15 is 0 Å². The van der Waals surface area contributed by atoms with Crippen LogP contribution in [0.25, 0.3) is 0 Å². The summed E-state index contributed by atoms with van der Waals surface area (Å²) in [6.07, 6.45) is 7.09. The minimum Gasteiger partial charge on any atom is -0.492 e. The van der Waals surface area contributed by atoms with Crippen LogP contribution < -0.4 is 10.1 Å². The molecule has 3 nitrogen and oxygen atoms in total. The molecule has 0 aliphatic carbocycles. The largest absolute Gasteiger partial charge is 0.492 e. The van der Waals surface area contributed by atoms with E-state index in [0.29, 0.717) is 5.92 Å². The Labute approximate surface area is 112 Å². The number of hydrogen-bond acceptors (Lipinski definition) is 3. The molecule has 0 fully saturated rings. The highest BCUT2D eigenvalue weighted by molar-refractivity contribution is 9.10. The van der Waals surface area contributed by atoms with Crippen LogP contribution in [0, 0.1) is 5.92 Å². The van der Waals surface area contributed by atoms with Crippen LogP contribution in [0.3, 0.4) is 0 Å². The van der Waals surface area contributed by atoms with Crippen LogP contribution in [0.5, 0.6) is 5.75 Å². The molecule has 0 saturated carbocycles. The van der Waals surface area contributed by atoms with E-state index in [1.807, 2.05) is 13.1 Å². The van der Waals surface area contributed by atoms with Crippen molar-refractivity contribution < 1.29 is 4.74 Å². The van der Waals surface area contributed by atoms with Crippen molar-refractivity contribution in [2.45, 2.75) is 26.2 Å². The van der Waals surface area contributed by atoms with Crippen molar-refractivity contribution in [3.63, 3.8) is 0 Å². The van der Waals surface area contributed by atoms with Crippen molar-refractivity contribution in [2.24, 2.45) is 5.92 Å². The van der Waals surface area contributed by atoms with Crippen molar-refractivity contribution >= 4 is 15.9 Å². The monoisotopic (exact) mass is 300 g/mol. The van der Waals surface area contributed by atoms with Gasteiger partial charge in [-0.05, 0) is 54.3 Å². The summed E-state index contributed by atoms with van der Waals surface area (Å²) in [6.45, 7) is 4.03. The van der Waals surface area contributed by atoms with Gasteiger partial charge in [0, 0.05) is 10.7 Å². The molecule has 1 rings (SSSR count). The summed E-state index contributed by atoms with van der Waals surface area (Å²) in [6, 6.07) is 1.95. The molecule has 96 valence electrons. The highest BCUT2D eigenvalue weighted by atomic mass is 79.9. The third-order valence-electron chi connectivity index (χ3n) is 2.67. The fourth-order valence-corrected chi connectivity index (χ4v) is 2.10. The summed E-state index contributed by atoms with van der Waals surface area (Å²) in [7, 11) is 1.99. The van der Waals surface area contributed by atoms with E-state index < -0.39 is 0 Å². The molecule has 1 heterocycles. The molecule has 0 spiro atoms. The van der Waals surface area contributed by atoms with Gasteiger partial charge in [0.05, 0.1) is 12.8 Å². The molecule has 0 aromatic carbocycles. The molecule has 1 aromatic heterocycles. The molecular formula is C13H21BrN2O. The van der Waals surface area contributed by atoms with Gasteiger partial charge in [0.15, 0.2) is 0 Å². The average molecular weight is 301 g/mol. The maximum atomic E-state index is 5.78. The fourth-order valence-electron chi connectivity index (χ4n) is 1.75. The third kappa shape index (κ3) is 6.03. The van der Waals surface area contributed by atoms with Crippen LogP contribution in [-0.4, -0.2) is 25.2 Å². The summed E-state index contributed by atoms with van der Waals surface area (Å²) in [5, 5.41) is 3.19. The Bertz CT molecular complexity index is 320. The van der Waals surface area contributed by atoms with Crippen LogP contribution in [0.15, 0.2) is 22.9 Å². The van der Waals surface area contributed by atoms with E-state index in [9.17, 15) is 0 Å². The number of pyridine rings is 1. The lowest BCUT2D eigenvalue weighted by atomic mass is 10.0. The van der Waals surface area contributed by atoms with Gasteiger partial charge in [0.2, 0.25) is 0 Å². The lowest BCUT2D eigenvalue weighted by molar-refractivity contribution is 0.229. The van der Waals surface area contributed by atoms with E-state index in [-0.39, 0.29) is 0 Å². The Morgan fingerprint density at radius 1 is 1.41 bits per heavy atom. The zero-order valence-corrected chi connectivity index (χ0v) is 12.2. The molecule has 1 unspecified atom stereocenters. The molecule has 4 heteroatoms. The average Bonchev–Trinajstić information content (AvgIpc) is 2.33. The molecular weight excluding hydrogens is 280 g/mol. The van der Waals surface area contributed by atoms with E-state index in [2.05, 4.69) is 33.2 Å². The maximum absolute atomic E-state index is 5.78. The first-order chi connectivity index (χ1) is 8.26. The van der Waals surface area contributed by atoms with Gasteiger partial charge in [-0.25, -0.2) is 0 Å². The summed E-state index contributed by atoms with van der Waals surface area (Å²) in [5.41, 5.74) is 0. The molecule has 0 bridgehead atoms. The normalized spacial score (nSPS) is 12.4. The minimum atomic E-state index is 0.617. The van der Waals surface area contributed by atoms with Crippen molar-refractivity contribution in [1.29, 1.82) is 0 Å². The van der Waals surface area contributed by atoms with E-state index in [1.165, 1.54) is 12.8 Å². The number of nitrogens with zero attached hydrogens (tertiary/aromatic N) is 1.